The molecule has 0 spiro atoms. The van der Waals surface area contributed by atoms with Crippen molar-refractivity contribution in [3.63, 3.8) is 0 Å². The SMILES string of the molecule is CC(C)COc1cncc(N2CCCN(C(=O)C(C)C)CC2)n1. The Morgan fingerprint density at radius 3 is 2.65 bits per heavy atom. The van der Waals surface area contributed by atoms with Crippen LogP contribution in [0, 0.1) is 11.8 Å². The minimum absolute atomic E-state index is 0.0501. The van der Waals surface area contributed by atoms with Crippen molar-refractivity contribution in [2.45, 2.75) is 34.1 Å². The first-order chi connectivity index (χ1) is 11.0. The van der Waals surface area contributed by atoms with Gasteiger partial charge in [-0.15, -0.1) is 0 Å². The van der Waals surface area contributed by atoms with Gasteiger partial charge in [0.1, 0.15) is 0 Å². The first-order valence-electron chi connectivity index (χ1n) is 8.46. The van der Waals surface area contributed by atoms with Gasteiger partial charge in [0.05, 0.1) is 19.0 Å². The smallest absolute Gasteiger partial charge is 0.234 e. The van der Waals surface area contributed by atoms with E-state index in [2.05, 4.69) is 28.7 Å². The molecule has 0 N–H and O–H groups in total. The van der Waals surface area contributed by atoms with E-state index in [4.69, 9.17) is 4.74 Å². The summed E-state index contributed by atoms with van der Waals surface area (Å²) in [4.78, 5) is 25.1. The quantitative estimate of drug-likeness (QED) is 0.832. The highest BCUT2D eigenvalue weighted by atomic mass is 16.5. The van der Waals surface area contributed by atoms with Gasteiger partial charge in [0, 0.05) is 32.1 Å². The Morgan fingerprint density at radius 1 is 1.17 bits per heavy atom. The molecule has 0 bridgehead atoms. The van der Waals surface area contributed by atoms with Crippen LogP contribution in [0.15, 0.2) is 12.4 Å². The lowest BCUT2D eigenvalue weighted by Crippen LogP contribution is -2.37. The minimum Gasteiger partial charge on any atom is -0.476 e. The van der Waals surface area contributed by atoms with Crippen LogP contribution in [0.5, 0.6) is 5.88 Å². The third-order valence-corrected chi connectivity index (χ3v) is 3.79. The number of rotatable bonds is 5. The summed E-state index contributed by atoms with van der Waals surface area (Å²) in [5.41, 5.74) is 0. The number of ether oxygens (including phenoxy) is 1. The summed E-state index contributed by atoms with van der Waals surface area (Å²) >= 11 is 0. The van der Waals surface area contributed by atoms with Crippen LogP contribution in [-0.4, -0.2) is 53.6 Å². The van der Waals surface area contributed by atoms with Gasteiger partial charge in [-0.2, -0.15) is 4.98 Å². The van der Waals surface area contributed by atoms with E-state index in [1.54, 1.807) is 12.4 Å². The van der Waals surface area contributed by atoms with Gasteiger partial charge in [0.2, 0.25) is 11.8 Å². The Balaban J connectivity index is 1.99. The lowest BCUT2D eigenvalue weighted by molar-refractivity contribution is -0.134. The van der Waals surface area contributed by atoms with Crippen LogP contribution in [0.1, 0.15) is 34.1 Å². The van der Waals surface area contributed by atoms with Gasteiger partial charge in [-0.1, -0.05) is 27.7 Å². The fraction of sp³-hybridized carbons (Fsp3) is 0.706. The summed E-state index contributed by atoms with van der Waals surface area (Å²) in [6.07, 6.45) is 4.36. The zero-order valence-electron chi connectivity index (χ0n) is 14.7. The third-order valence-electron chi connectivity index (χ3n) is 3.79. The van der Waals surface area contributed by atoms with Crippen LogP contribution < -0.4 is 9.64 Å². The van der Waals surface area contributed by atoms with Crippen LogP contribution in [0.4, 0.5) is 5.82 Å². The molecule has 1 aromatic rings. The van der Waals surface area contributed by atoms with Gasteiger partial charge in [-0.05, 0) is 12.3 Å². The Morgan fingerprint density at radius 2 is 1.96 bits per heavy atom. The molecule has 0 saturated carbocycles. The van der Waals surface area contributed by atoms with E-state index in [9.17, 15) is 4.79 Å². The normalized spacial score (nSPS) is 15.9. The second-order valence-electron chi connectivity index (χ2n) is 6.74. The van der Waals surface area contributed by atoms with Crippen molar-refractivity contribution >= 4 is 11.7 Å². The van der Waals surface area contributed by atoms with E-state index in [-0.39, 0.29) is 11.8 Å². The molecule has 6 nitrogen and oxygen atoms in total. The fourth-order valence-corrected chi connectivity index (χ4v) is 2.54. The number of anilines is 1. The average Bonchev–Trinajstić information content (AvgIpc) is 2.78. The van der Waals surface area contributed by atoms with Gasteiger partial charge >= 0.3 is 0 Å². The molecule has 2 rings (SSSR count). The van der Waals surface area contributed by atoms with Crippen LogP contribution in [0.3, 0.4) is 0 Å². The molecule has 23 heavy (non-hydrogen) atoms. The topological polar surface area (TPSA) is 58.6 Å². The Bertz CT molecular complexity index is 519. The number of carbonyl (C=O) groups excluding carboxylic acids is 1. The molecule has 0 aromatic carbocycles. The first-order valence-corrected chi connectivity index (χ1v) is 8.46. The first kappa shape index (κ1) is 17.5. The largest absolute Gasteiger partial charge is 0.476 e. The molecule has 1 saturated heterocycles. The second kappa shape index (κ2) is 8.13. The van der Waals surface area contributed by atoms with E-state index in [0.717, 1.165) is 38.4 Å². The van der Waals surface area contributed by atoms with Crippen molar-refractivity contribution in [3.05, 3.63) is 12.4 Å². The van der Waals surface area contributed by atoms with E-state index < -0.39 is 0 Å². The number of aromatic nitrogens is 2. The van der Waals surface area contributed by atoms with Crippen molar-refractivity contribution in [1.29, 1.82) is 0 Å². The van der Waals surface area contributed by atoms with E-state index in [0.29, 0.717) is 18.4 Å². The Kier molecular flexibility index (Phi) is 6.19. The summed E-state index contributed by atoms with van der Waals surface area (Å²) in [5, 5.41) is 0. The Hall–Kier alpha value is -1.85. The summed E-state index contributed by atoms with van der Waals surface area (Å²) in [5.74, 6) is 2.12. The molecule has 2 heterocycles. The van der Waals surface area contributed by atoms with Crippen molar-refractivity contribution in [2.24, 2.45) is 11.8 Å². The standard InChI is InChI=1S/C17H28N4O2/c1-13(2)12-23-16-11-18-10-15(19-16)20-6-5-7-21(9-8-20)17(22)14(3)4/h10-11,13-14H,5-9,12H2,1-4H3. The zero-order chi connectivity index (χ0) is 16.8. The van der Waals surface area contributed by atoms with Crippen LogP contribution in [-0.2, 0) is 4.79 Å². The minimum atomic E-state index is 0.0501. The number of amides is 1. The average molecular weight is 320 g/mol. The van der Waals surface area contributed by atoms with Crippen molar-refractivity contribution in [2.75, 3.05) is 37.7 Å². The molecule has 1 amide bonds. The molecule has 0 unspecified atom stereocenters. The van der Waals surface area contributed by atoms with Gasteiger partial charge in [0.15, 0.2) is 5.82 Å². The van der Waals surface area contributed by atoms with Crippen LogP contribution in [0.25, 0.3) is 0 Å². The number of carbonyl (C=O) groups is 1. The molecular formula is C17H28N4O2. The van der Waals surface area contributed by atoms with Crippen molar-refractivity contribution in [3.8, 4) is 5.88 Å². The molecular weight excluding hydrogens is 292 g/mol. The lowest BCUT2D eigenvalue weighted by Gasteiger charge is -2.24. The number of hydrogen-bond acceptors (Lipinski definition) is 5. The highest BCUT2D eigenvalue weighted by molar-refractivity contribution is 5.78. The Labute approximate surface area is 138 Å². The molecule has 128 valence electrons. The summed E-state index contributed by atoms with van der Waals surface area (Å²) in [6.45, 7) is 11.9. The molecule has 0 radical (unpaired) electrons. The summed E-state index contributed by atoms with van der Waals surface area (Å²) in [6, 6.07) is 0. The van der Waals surface area contributed by atoms with Gasteiger partial charge < -0.3 is 14.5 Å². The predicted octanol–water partition coefficient (Wildman–Crippen LogP) is 2.21. The maximum Gasteiger partial charge on any atom is 0.234 e. The number of nitrogens with zero attached hydrogens (tertiary/aromatic N) is 4. The molecule has 6 heteroatoms. The van der Waals surface area contributed by atoms with Crippen molar-refractivity contribution in [1.82, 2.24) is 14.9 Å². The van der Waals surface area contributed by atoms with E-state index >= 15 is 0 Å². The van der Waals surface area contributed by atoms with Gasteiger partial charge in [0.25, 0.3) is 0 Å². The molecule has 0 aliphatic carbocycles. The molecule has 1 fully saturated rings. The van der Waals surface area contributed by atoms with E-state index in [1.807, 2.05) is 18.7 Å². The highest BCUT2D eigenvalue weighted by Crippen LogP contribution is 2.17. The lowest BCUT2D eigenvalue weighted by atomic mass is 10.2. The maximum absolute atomic E-state index is 12.2. The van der Waals surface area contributed by atoms with E-state index in [1.165, 1.54) is 0 Å². The maximum atomic E-state index is 12.2. The predicted molar refractivity (Wildman–Crippen MR) is 90.6 cm³/mol. The molecule has 1 aliphatic heterocycles. The van der Waals surface area contributed by atoms with Crippen molar-refractivity contribution < 1.29 is 9.53 Å². The second-order valence-corrected chi connectivity index (χ2v) is 6.74. The van der Waals surface area contributed by atoms with Gasteiger partial charge in [-0.25, -0.2) is 0 Å². The van der Waals surface area contributed by atoms with Crippen LogP contribution >= 0.6 is 0 Å². The number of hydrogen-bond donors (Lipinski definition) is 0. The molecule has 0 atom stereocenters. The molecule has 1 aliphatic rings. The highest BCUT2D eigenvalue weighted by Gasteiger charge is 2.21. The van der Waals surface area contributed by atoms with Gasteiger partial charge in [-0.3, -0.25) is 9.78 Å². The fourth-order valence-electron chi connectivity index (χ4n) is 2.54. The van der Waals surface area contributed by atoms with Crippen LogP contribution in [0.2, 0.25) is 0 Å². The monoisotopic (exact) mass is 320 g/mol. The molecule has 1 aromatic heterocycles. The third kappa shape index (κ3) is 5.08. The summed E-state index contributed by atoms with van der Waals surface area (Å²) < 4.78 is 5.66. The zero-order valence-corrected chi connectivity index (χ0v) is 14.7. The summed E-state index contributed by atoms with van der Waals surface area (Å²) in [7, 11) is 0.